The van der Waals surface area contributed by atoms with E-state index in [-0.39, 0.29) is 4.90 Å². The molecule has 7 heteroatoms. The van der Waals surface area contributed by atoms with E-state index in [4.69, 9.17) is 4.55 Å². The highest BCUT2D eigenvalue weighted by Crippen LogP contribution is 2.25. The molecule has 0 radical (unpaired) electrons. The van der Waals surface area contributed by atoms with Crippen LogP contribution in [0.15, 0.2) is 40.7 Å². The summed E-state index contributed by atoms with van der Waals surface area (Å²) in [5.74, 6) is 0. The van der Waals surface area contributed by atoms with Gasteiger partial charge in [0.25, 0.3) is 10.1 Å². The molecule has 0 atom stereocenters. The minimum Gasteiger partial charge on any atom is -0.330 e. The molecule has 0 aliphatic heterocycles. The number of nitrogens with zero attached hydrogens (tertiary/aromatic N) is 1. The van der Waals surface area contributed by atoms with Crippen molar-refractivity contribution >= 4 is 32.3 Å². The topological polar surface area (TPSA) is 79.3 Å². The van der Waals surface area contributed by atoms with Gasteiger partial charge in [-0.25, -0.2) is 4.98 Å². The maximum atomic E-state index is 11.1. The molecule has 0 bridgehead atoms. The van der Waals surface area contributed by atoms with Crippen LogP contribution in [0.1, 0.15) is 0 Å². The molecular formula is C9H8N2O3S2. The molecule has 0 saturated heterocycles. The normalized spacial score (nSPS) is 11.3. The van der Waals surface area contributed by atoms with Crippen LogP contribution in [0.3, 0.4) is 0 Å². The molecule has 16 heavy (non-hydrogen) atoms. The standard InChI is InChI=1S/C9H8N2O3S2/c12-16(13,14)8-4-2-1-3-7(8)11-9-10-5-6-15-9/h1-6H,(H,10,11)(H,12,13,14). The number of rotatable bonds is 3. The van der Waals surface area contributed by atoms with E-state index in [1.165, 1.54) is 23.5 Å². The molecule has 0 aliphatic carbocycles. The Bertz CT molecular complexity index is 579. The van der Waals surface area contributed by atoms with Crippen LogP contribution in [0, 0.1) is 0 Å². The Labute approximate surface area is 96.5 Å². The summed E-state index contributed by atoms with van der Waals surface area (Å²) >= 11 is 1.34. The largest absolute Gasteiger partial charge is 0.330 e. The van der Waals surface area contributed by atoms with Crippen molar-refractivity contribution in [2.45, 2.75) is 4.90 Å². The highest BCUT2D eigenvalue weighted by molar-refractivity contribution is 7.86. The first-order chi connectivity index (χ1) is 7.57. The summed E-state index contributed by atoms with van der Waals surface area (Å²) in [4.78, 5) is 3.80. The Morgan fingerprint density at radius 3 is 2.69 bits per heavy atom. The lowest BCUT2D eigenvalue weighted by atomic mass is 10.3. The minimum atomic E-state index is -4.22. The monoisotopic (exact) mass is 256 g/mol. The molecule has 2 N–H and O–H groups in total. The van der Waals surface area contributed by atoms with E-state index in [2.05, 4.69) is 10.3 Å². The van der Waals surface area contributed by atoms with Crippen molar-refractivity contribution in [1.29, 1.82) is 0 Å². The summed E-state index contributed by atoms with van der Waals surface area (Å²) in [6.45, 7) is 0. The highest BCUT2D eigenvalue weighted by Gasteiger charge is 2.14. The second-order valence-corrected chi connectivity index (χ2v) is 5.22. The average Bonchev–Trinajstić information content (AvgIpc) is 2.70. The van der Waals surface area contributed by atoms with Crippen LogP contribution in [0.25, 0.3) is 0 Å². The number of nitrogens with one attached hydrogen (secondary N) is 1. The van der Waals surface area contributed by atoms with E-state index < -0.39 is 10.1 Å². The number of benzene rings is 1. The predicted molar refractivity (Wildman–Crippen MR) is 61.7 cm³/mol. The Morgan fingerprint density at radius 2 is 2.06 bits per heavy atom. The maximum Gasteiger partial charge on any atom is 0.296 e. The summed E-state index contributed by atoms with van der Waals surface area (Å²) in [6.07, 6.45) is 1.60. The van der Waals surface area contributed by atoms with E-state index in [9.17, 15) is 8.42 Å². The second-order valence-electron chi connectivity index (χ2n) is 2.93. The first-order valence-corrected chi connectivity index (χ1v) is 6.62. The third kappa shape index (κ3) is 2.38. The summed E-state index contributed by atoms with van der Waals surface area (Å²) in [5, 5.41) is 5.16. The predicted octanol–water partition coefficient (Wildman–Crippen LogP) is 2.13. The van der Waals surface area contributed by atoms with Crippen LogP contribution < -0.4 is 5.32 Å². The van der Waals surface area contributed by atoms with Gasteiger partial charge in [-0.1, -0.05) is 12.1 Å². The van der Waals surface area contributed by atoms with Crippen LogP contribution in [0.2, 0.25) is 0 Å². The molecule has 0 fully saturated rings. The van der Waals surface area contributed by atoms with Crippen LogP contribution in [0.5, 0.6) is 0 Å². The molecule has 1 heterocycles. The first kappa shape index (κ1) is 11.1. The van der Waals surface area contributed by atoms with E-state index in [0.717, 1.165) is 0 Å². The number of aromatic nitrogens is 1. The van der Waals surface area contributed by atoms with Gasteiger partial charge in [-0.05, 0) is 12.1 Å². The number of hydrogen-bond donors (Lipinski definition) is 2. The molecule has 1 aromatic heterocycles. The Hall–Kier alpha value is -1.44. The quantitative estimate of drug-likeness (QED) is 0.822. The van der Waals surface area contributed by atoms with Crippen LogP contribution >= 0.6 is 11.3 Å². The van der Waals surface area contributed by atoms with Gasteiger partial charge in [-0.3, -0.25) is 4.55 Å². The zero-order valence-corrected chi connectivity index (χ0v) is 9.62. The van der Waals surface area contributed by atoms with Crippen molar-refractivity contribution in [3.63, 3.8) is 0 Å². The molecule has 84 valence electrons. The van der Waals surface area contributed by atoms with Crippen molar-refractivity contribution in [3.8, 4) is 0 Å². The Morgan fingerprint density at radius 1 is 1.31 bits per heavy atom. The third-order valence-corrected chi connectivity index (χ3v) is 3.44. The molecular weight excluding hydrogens is 248 g/mol. The number of hydrogen-bond acceptors (Lipinski definition) is 5. The molecule has 0 spiro atoms. The van der Waals surface area contributed by atoms with Gasteiger partial charge in [0.05, 0.1) is 5.69 Å². The maximum absolute atomic E-state index is 11.1. The van der Waals surface area contributed by atoms with Gasteiger partial charge in [-0.15, -0.1) is 11.3 Å². The average molecular weight is 256 g/mol. The van der Waals surface area contributed by atoms with Crippen LogP contribution in [-0.2, 0) is 10.1 Å². The first-order valence-electron chi connectivity index (χ1n) is 4.30. The second kappa shape index (κ2) is 4.20. The fraction of sp³-hybridized carbons (Fsp3) is 0. The summed E-state index contributed by atoms with van der Waals surface area (Å²) in [6, 6.07) is 6.09. The van der Waals surface area contributed by atoms with E-state index in [1.54, 1.807) is 23.7 Å². The molecule has 0 unspecified atom stereocenters. The Balaban J connectivity index is 2.42. The molecule has 2 aromatic rings. The lowest BCUT2D eigenvalue weighted by Gasteiger charge is -2.06. The van der Waals surface area contributed by atoms with Crippen molar-refractivity contribution in [2.75, 3.05) is 5.32 Å². The lowest BCUT2D eigenvalue weighted by Crippen LogP contribution is -2.02. The fourth-order valence-electron chi connectivity index (χ4n) is 1.20. The number of thiazole rings is 1. The van der Waals surface area contributed by atoms with Gasteiger partial charge in [0, 0.05) is 11.6 Å². The number of para-hydroxylation sites is 1. The molecule has 5 nitrogen and oxygen atoms in total. The SMILES string of the molecule is O=S(=O)(O)c1ccccc1Nc1nccs1. The van der Waals surface area contributed by atoms with Crippen molar-refractivity contribution < 1.29 is 13.0 Å². The minimum absolute atomic E-state index is 0.162. The molecule has 1 aromatic carbocycles. The van der Waals surface area contributed by atoms with E-state index in [0.29, 0.717) is 10.8 Å². The molecule has 0 aliphatic rings. The summed E-state index contributed by atoms with van der Waals surface area (Å²) in [7, 11) is -4.22. The summed E-state index contributed by atoms with van der Waals surface area (Å²) in [5.41, 5.74) is 0.306. The van der Waals surface area contributed by atoms with Crippen LogP contribution in [0.4, 0.5) is 10.8 Å². The summed E-state index contributed by atoms with van der Waals surface area (Å²) < 4.78 is 31.2. The molecule has 0 saturated carbocycles. The highest BCUT2D eigenvalue weighted by atomic mass is 32.2. The Kier molecular flexibility index (Phi) is 2.90. The zero-order chi connectivity index (χ0) is 11.6. The third-order valence-electron chi connectivity index (χ3n) is 1.84. The molecule has 2 rings (SSSR count). The van der Waals surface area contributed by atoms with Gasteiger partial charge >= 0.3 is 0 Å². The lowest BCUT2D eigenvalue weighted by molar-refractivity contribution is 0.483. The molecule has 0 amide bonds. The van der Waals surface area contributed by atoms with Crippen molar-refractivity contribution in [1.82, 2.24) is 4.98 Å². The smallest absolute Gasteiger partial charge is 0.296 e. The van der Waals surface area contributed by atoms with Crippen molar-refractivity contribution in [3.05, 3.63) is 35.8 Å². The number of anilines is 2. The van der Waals surface area contributed by atoms with Gasteiger partial charge in [-0.2, -0.15) is 8.42 Å². The van der Waals surface area contributed by atoms with Crippen molar-refractivity contribution in [2.24, 2.45) is 0 Å². The van der Waals surface area contributed by atoms with E-state index in [1.807, 2.05) is 0 Å². The van der Waals surface area contributed by atoms with Gasteiger partial charge in [0.2, 0.25) is 0 Å². The van der Waals surface area contributed by atoms with Gasteiger partial charge in [0.1, 0.15) is 4.90 Å². The fourth-order valence-corrected chi connectivity index (χ4v) is 2.38. The van der Waals surface area contributed by atoms with Gasteiger partial charge in [0.15, 0.2) is 5.13 Å². The van der Waals surface area contributed by atoms with Gasteiger partial charge < -0.3 is 5.32 Å². The zero-order valence-electron chi connectivity index (χ0n) is 7.99. The van der Waals surface area contributed by atoms with Crippen LogP contribution in [-0.4, -0.2) is 18.0 Å². The van der Waals surface area contributed by atoms with E-state index >= 15 is 0 Å².